The summed E-state index contributed by atoms with van der Waals surface area (Å²) in [6.07, 6.45) is 0. The predicted octanol–water partition coefficient (Wildman–Crippen LogP) is 1.78. The average Bonchev–Trinajstić information content (AvgIpc) is 2.66. The van der Waals surface area contributed by atoms with Gasteiger partial charge in [-0.15, -0.1) is 0 Å². The molecular formula is C8H14NO4P. The quantitative estimate of drug-likeness (QED) is 0.581. The van der Waals surface area contributed by atoms with Crippen LogP contribution in [0.1, 0.15) is 13.8 Å². The minimum absolute atomic E-state index is 0.623. The Morgan fingerprint density at radius 2 is 1.50 bits per heavy atom. The van der Waals surface area contributed by atoms with Gasteiger partial charge in [-0.2, -0.15) is 0 Å². The molecule has 0 atom stereocenters. The fraction of sp³-hybridized carbons (Fsp3) is 0.750. The fourth-order valence-corrected chi connectivity index (χ4v) is 5.71. The molecule has 0 N–H and O–H groups in total. The molecule has 0 aromatic heterocycles. The van der Waals surface area contributed by atoms with E-state index in [1.54, 1.807) is 0 Å². The Bertz CT molecular complexity index is 301. The summed E-state index contributed by atoms with van der Waals surface area (Å²) in [6, 6.07) is 0. The molecule has 0 bridgehead atoms. The van der Waals surface area contributed by atoms with Gasteiger partial charge in [-0.05, 0) is 0 Å². The van der Waals surface area contributed by atoms with Gasteiger partial charge in [-0.25, -0.2) is 0 Å². The first-order valence-corrected chi connectivity index (χ1v) is 6.66. The summed E-state index contributed by atoms with van der Waals surface area (Å²) in [5.74, 6) is 1.55. The first-order chi connectivity index (χ1) is 6.64. The van der Waals surface area contributed by atoms with Crippen LogP contribution in [0.4, 0.5) is 0 Å². The van der Waals surface area contributed by atoms with Crippen molar-refractivity contribution < 1.29 is 18.1 Å². The number of hydrogen-bond donors (Lipinski definition) is 0. The minimum atomic E-state index is -3.33. The van der Waals surface area contributed by atoms with Gasteiger partial charge in [0.1, 0.15) is 0 Å². The van der Waals surface area contributed by atoms with Crippen molar-refractivity contribution in [2.45, 2.75) is 13.8 Å². The van der Waals surface area contributed by atoms with Crippen LogP contribution in [-0.2, 0) is 18.1 Å². The molecule has 2 fully saturated rings. The molecule has 2 saturated heterocycles. The van der Waals surface area contributed by atoms with Crippen LogP contribution in [0.3, 0.4) is 0 Å². The number of hydrogen-bond acceptors (Lipinski definition) is 5. The molecule has 0 saturated carbocycles. The average molecular weight is 219 g/mol. The van der Waals surface area contributed by atoms with Gasteiger partial charge in [-0.1, -0.05) is 0 Å². The Kier molecular flexibility index (Phi) is 1.54. The second-order valence-corrected chi connectivity index (χ2v) is 6.68. The predicted molar refractivity (Wildman–Crippen MR) is 50.9 cm³/mol. The second-order valence-electron chi connectivity index (χ2n) is 3.69. The van der Waals surface area contributed by atoms with E-state index in [9.17, 15) is 0 Å². The van der Waals surface area contributed by atoms with E-state index in [4.69, 9.17) is 18.1 Å². The molecule has 6 heteroatoms. The van der Waals surface area contributed by atoms with Gasteiger partial charge in [0.2, 0.25) is 0 Å². The first-order valence-electron chi connectivity index (χ1n) is 4.80. The molecule has 3 heterocycles. The van der Waals surface area contributed by atoms with Crippen LogP contribution < -0.4 is 0 Å². The maximum atomic E-state index is 5.80. The van der Waals surface area contributed by atoms with E-state index in [-0.39, 0.29) is 0 Å². The van der Waals surface area contributed by atoms with Crippen LogP contribution in [0.15, 0.2) is 11.5 Å². The number of allylic oxidation sites excluding steroid dienone is 2. The Hall–Kier alpha value is -0.350. The van der Waals surface area contributed by atoms with Crippen molar-refractivity contribution in [3.63, 3.8) is 0 Å². The first kappa shape index (κ1) is 8.92. The van der Waals surface area contributed by atoms with Crippen LogP contribution in [0, 0.1) is 0 Å². The van der Waals surface area contributed by atoms with Gasteiger partial charge < -0.3 is 0 Å². The van der Waals surface area contributed by atoms with E-state index < -0.39 is 7.66 Å². The van der Waals surface area contributed by atoms with Gasteiger partial charge in [0.25, 0.3) is 0 Å². The van der Waals surface area contributed by atoms with E-state index in [1.165, 1.54) is 0 Å². The zero-order valence-electron chi connectivity index (χ0n) is 8.36. The SMILES string of the molecule is CC1=C(C)OP23(OCCN2CCO3)O1. The zero-order valence-corrected chi connectivity index (χ0v) is 9.25. The molecule has 80 valence electrons. The van der Waals surface area contributed by atoms with Crippen molar-refractivity contribution in [2.24, 2.45) is 0 Å². The Morgan fingerprint density at radius 3 is 2.00 bits per heavy atom. The normalized spacial score (nSPS) is 36.3. The molecule has 0 unspecified atom stereocenters. The summed E-state index contributed by atoms with van der Waals surface area (Å²) >= 11 is 0. The molecule has 0 aromatic carbocycles. The topological polar surface area (TPSA) is 40.2 Å². The van der Waals surface area contributed by atoms with Crippen molar-refractivity contribution in [3.05, 3.63) is 11.5 Å². The fourth-order valence-electron chi connectivity index (χ4n) is 2.06. The monoisotopic (exact) mass is 219 g/mol. The summed E-state index contributed by atoms with van der Waals surface area (Å²) < 4.78 is 25.1. The van der Waals surface area contributed by atoms with Crippen LogP contribution in [-0.4, -0.2) is 31.0 Å². The van der Waals surface area contributed by atoms with Crippen LogP contribution in [0.5, 0.6) is 0 Å². The van der Waals surface area contributed by atoms with Gasteiger partial charge >= 0.3 is 82.1 Å². The van der Waals surface area contributed by atoms with Gasteiger partial charge in [-0.3, -0.25) is 0 Å². The van der Waals surface area contributed by atoms with Crippen molar-refractivity contribution in [1.29, 1.82) is 0 Å². The van der Waals surface area contributed by atoms with Gasteiger partial charge in [0, 0.05) is 0 Å². The standard InChI is InChI=1S/C8H14NO4P/c1-7-8(2)13-14(12-7)9(3-5-10-14)4-6-11-14/h3-6H2,1-2H3. The van der Waals surface area contributed by atoms with E-state index >= 15 is 0 Å². The summed E-state index contributed by atoms with van der Waals surface area (Å²) in [7, 11) is -3.33. The molecule has 3 rings (SSSR count). The number of nitrogens with zero attached hydrogens (tertiary/aromatic N) is 1. The third kappa shape index (κ3) is 0.841. The van der Waals surface area contributed by atoms with Crippen LogP contribution in [0.25, 0.3) is 0 Å². The van der Waals surface area contributed by atoms with Gasteiger partial charge in [0.15, 0.2) is 0 Å². The molecule has 3 aliphatic heterocycles. The third-order valence-electron chi connectivity index (χ3n) is 2.85. The molecular weight excluding hydrogens is 205 g/mol. The maximum absolute atomic E-state index is 5.80. The molecule has 0 aromatic rings. The number of rotatable bonds is 0. The van der Waals surface area contributed by atoms with Gasteiger partial charge in [0.05, 0.1) is 0 Å². The van der Waals surface area contributed by atoms with E-state index in [0.717, 1.165) is 24.6 Å². The summed E-state index contributed by atoms with van der Waals surface area (Å²) in [5.41, 5.74) is 0. The summed E-state index contributed by atoms with van der Waals surface area (Å²) in [6.45, 7) is 6.67. The van der Waals surface area contributed by atoms with E-state index in [1.807, 2.05) is 13.8 Å². The molecule has 3 aliphatic rings. The van der Waals surface area contributed by atoms with E-state index in [2.05, 4.69) is 4.67 Å². The molecule has 0 radical (unpaired) electrons. The summed E-state index contributed by atoms with van der Waals surface area (Å²) in [5, 5.41) is 0. The van der Waals surface area contributed by atoms with Crippen molar-refractivity contribution in [1.82, 2.24) is 4.67 Å². The van der Waals surface area contributed by atoms with Crippen molar-refractivity contribution in [3.8, 4) is 0 Å². The third-order valence-corrected chi connectivity index (χ3v) is 6.56. The molecule has 1 spiro atoms. The van der Waals surface area contributed by atoms with Crippen LogP contribution in [0.2, 0.25) is 0 Å². The van der Waals surface area contributed by atoms with Crippen molar-refractivity contribution >= 4 is 7.66 Å². The Morgan fingerprint density at radius 1 is 1.00 bits per heavy atom. The van der Waals surface area contributed by atoms with Crippen LogP contribution >= 0.6 is 7.66 Å². The molecule has 14 heavy (non-hydrogen) atoms. The summed E-state index contributed by atoms with van der Waals surface area (Å²) in [4.78, 5) is 0. The zero-order chi connectivity index (χ0) is 9.84. The molecule has 0 amide bonds. The second kappa shape index (κ2) is 2.42. The van der Waals surface area contributed by atoms with E-state index in [0.29, 0.717) is 13.2 Å². The molecule has 0 aliphatic carbocycles. The molecule has 5 nitrogen and oxygen atoms in total. The Balaban J connectivity index is 2.03. The Labute approximate surface area is 82.9 Å². The van der Waals surface area contributed by atoms with Crippen molar-refractivity contribution in [2.75, 3.05) is 26.3 Å².